The first kappa shape index (κ1) is 10.1. The Labute approximate surface area is 81.9 Å². The van der Waals surface area contributed by atoms with Gasteiger partial charge in [0.15, 0.2) is 5.90 Å². The van der Waals surface area contributed by atoms with Gasteiger partial charge >= 0.3 is 0 Å². The number of aliphatic imine (C=N–C) groups is 1. The number of halogens is 1. The Morgan fingerprint density at radius 2 is 2.23 bits per heavy atom. The summed E-state index contributed by atoms with van der Waals surface area (Å²) in [6.07, 6.45) is 0. The van der Waals surface area contributed by atoms with Gasteiger partial charge in [-0.3, -0.25) is 4.99 Å². The minimum atomic E-state index is -0.359. The van der Waals surface area contributed by atoms with Crippen molar-refractivity contribution in [3.63, 3.8) is 0 Å². The van der Waals surface area contributed by atoms with Gasteiger partial charge < -0.3 is 4.74 Å². The van der Waals surface area contributed by atoms with Crippen LogP contribution in [0.25, 0.3) is 0 Å². The van der Waals surface area contributed by atoms with Crippen LogP contribution in [0.15, 0.2) is 28.1 Å². The summed E-state index contributed by atoms with van der Waals surface area (Å²) in [6, 6.07) is 4.34. The van der Waals surface area contributed by atoms with E-state index in [2.05, 4.69) is 17.6 Å². The van der Waals surface area contributed by atoms with Gasteiger partial charge in [-0.2, -0.15) is 0 Å². The molecule has 0 aliphatic carbocycles. The highest BCUT2D eigenvalue weighted by Gasteiger charge is 2.01. The van der Waals surface area contributed by atoms with E-state index in [1.807, 2.05) is 0 Å². The second-order valence-electron chi connectivity index (χ2n) is 2.46. The lowest BCUT2D eigenvalue weighted by Gasteiger charge is -2.04. The fraction of sp³-hybridized carbons (Fsp3) is 0.222. The van der Waals surface area contributed by atoms with Crippen LogP contribution in [0.2, 0.25) is 0 Å². The summed E-state index contributed by atoms with van der Waals surface area (Å²) in [5.41, 5.74) is 0. The van der Waals surface area contributed by atoms with E-state index in [1.54, 1.807) is 14.0 Å². The summed E-state index contributed by atoms with van der Waals surface area (Å²) in [5, 5.41) is 0. The fourth-order valence-electron chi connectivity index (χ4n) is 0.772. The van der Waals surface area contributed by atoms with Crippen molar-refractivity contribution in [2.24, 2.45) is 4.99 Å². The van der Waals surface area contributed by atoms with Crippen LogP contribution in [-0.2, 0) is 0 Å². The number of rotatable bonds is 1. The molecule has 0 saturated carbocycles. The third kappa shape index (κ3) is 2.73. The highest BCUT2D eigenvalue weighted by molar-refractivity contribution is 7.80. The Bertz CT molecular complexity index is 338. The molecule has 13 heavy (non-hydrogen) atoms. The van der Waals surface area contributed by atoms with E-state index in [4.69, 9.17) is 4.74 Å². The fourth-order valence-corrected chi connectivity index (χ4v) is 0.974. The van der Waals surface area contributed by atoms with Gasteiger partial charge in [0.05, 0.1) is 0 Å². The van der Waals surface area contributed by atoms with Crippen LogP contribution >= 0.6 is 12.6 Å². The van der Waals surface area contributed by atoms with Gasteiger partial charge in [-0.1, -0.05) is 0 Å². The van der Waals surface area contributed by atoms with Crippen molar-refractivity contribution < 1.29 is 9.13 Å². The average molecular weight is 199 g/mol. The second-order valence-corrected chi connectivity index (χ2v) is 2.94. The summed E-state index contributed by atoms with van der Waals surface area (Å²) >= 11 is 3.92. The topological polar surface area (TPSA) is 21.6 Å². The van der Waals surface area contributed by atoms with Crippen LogP contribution in [0.1, 0.15) is 6.92 Å². The normalized spacial score (nSPS) is 11.5. The van der Waals surface area contributed by atoms with Crippen LogP contribution < -0.4 is 4.74 Å². The lowest BCUT2D eigenvalue weighted by Crippen LogP contribution is -2.02. The lowest BCUT2D eigenvalue weighted by molar-refractivity contribution is 0.535. The Balaban J connectivity index is 2.86. The van der Waals surface area contributed by atoms with Crippen molar-refractivity contribution in [3.05, 3.63) is 24.0 Å². The van der Waals surface area contributed by atoms with Crippen LogP contribution in [0.3, 0.4) is 0 Å². The third-order valence-electron chi connectivity index (χ3n) is 1.50. The van der Waals surface area contributed by atoms with Gasteiger partial charge in [0.2, 0.25) is 0 Å². The SMILES string of the molecule is CN=C(C)Oc1ccc(F)c(S)c1. The maximum Gasteiger partial charge on any atom is 0.186 e. The molecule has 0 radical (unpaired) electrons. The van der Waals surface area contributed by atoms with Crippen molar-refractivity contribution >= 4 is 18.5 Å². The molecular formula is C9H10FNOS. The van der Waals surface area contributed by atoms with Crippen molar-refractivity contribution in [2.75, 3.05) is 7.05 Å². The summed E-state index contributed by atoms with van der Waals surface area (Å²) in [5.74, 6) is 0.704. The summed E-state index contributed by atoms with van der Waals surface area (Å²) in [4.78, 5) is 4.08. The van der Waals surface area contributed by atoms with Gasteiger partial charge in [0.1, 0.15) is 11.6 Å². The number of hydrogen-bond acceptors (Lipinski definition) is 3. The first-order valence-corrected chi connectivity index (χ1v) is 4.18. The maximum atomic E-state index is 12.8. The van der Waals surface area contributed by atoms with E-state index >= 15 is 0 Å². The van der Waals surface area contributed by atoms with E-state index in [1.165, 1.54) is 18.2 Å². The van der Waals surface area contributed by atoms with Crippen molar-refractivity contribution in [2.45, 2.75) is 11.8 Å². The van der Waals surface area contributed by atoms with Crippen molar-refractivity contribution in [1.82, 2.24) is 0 Å². The largest absolute Gasteiger partial charge is 0.444 e. The molecule has 0 unspecified atom stereocenters. The van der Waals surface area contributed by atoms with Gasteiger partial charge in [-0.15, -0.1) is 12.6 Å². The molecule has 0 fully saturated rings. The van der Waals surface area contributed by atoms with Crippen LogP contribution in [0, 0.1) is 5.82 Å². The molecule has 0 N–H and O–H groups in total. The first-order chi connectivity index (χ1) is 6.13. The van der Waals surface area contributed by atoms with Crippen LogP contribution in [-0.4, -0.2) is 12.9 Å². The minimum absolute atomic E-state index is 0.265. The summed E-state index contributed by atoms with van der Waals surface area (Å²) < 4.78 is 18.0. The predicted molar refractivity (Wildman–Crippen MR) is 53.3 cm³/mol. The quantitative estimate of drug-likeness (QED) is 0.419. The molecule has 1 aromatic carbocycles. The molecule has 0 spiro atoms. The van der Waals surface area contributed by atoms with E-state index < -0.39 is 0 Å². The summed E-state index contributed by atoms with van der Waals surface area (Å²) in [7, 11) is 1.63. The number of thiol groups is 1. The molecule has 2 nitrogen and oxygen atoms in total. The molecule has 1 rings (SSSR count). The number of ether oxygens (including phenoxy) is 1. The van der Waals surface area contributed by atoms with Crippen molar-refractivity contribution in [3.8, 4) is 5.75 Å². The molecule has 1 aromatic rings. The first-order valence-electron chi connectivity index (χ1n) is 3.73. The molecule has 0 bridgehead atoms. The van der Waals surface area contributed by atoms with Crippen LogP contribution in [0.4, 0.5) is 4.39 Å². The number of nitrogens with zero attached hydrogens (tertiary/aromatic N) is 1. The monoisotopic (exact) mass is 199 g/mol. The zero-order valence-corrected chi connectivity index (χ0v) is 8.31. The molecule has 0 heterocycles. The van der Waals surface area contributed by atoms with Crippen molar-refractivity contribution in [1.29, 1.82) is 0 Å². The highest BCUT2D eigenvalue weighted by Crippen LogP contribution is 2.19. The maximum absolute atomic E-state index is 12.8. The molecule has 0 atom stereocenters. The number of benzene rings is 1. The van der Waals surface area contributed by atoms with Gasteiger partial charge in [-0.25, -0.2) is 4.39 Å². The second kappa shape index (κ2) is 4.28. The molecule has 4 heteroatoms. The molecule has 0 aromatic heterocycles. The van der Waals surface area contributed by atoms with Gasteiger partial charge in [-0.05, 0) is 18.2 Å². The zero-order valence-electron chi connectivity index (χ0n) is 7.41. The Kier molecular flexibility index (Phi) is 3.31. The van der Waals surface area contributed by atoms with Crippen LogP contribution in [0.5, 0.6) is 5.75 Å². The standard InChI is InChI=1S/C9H10FNOS/c1-6(11-2)12-7-3-4-8(10)9(13)5-7/h3-5,13H,1-2H3. The van der Waals surface area contributed by atoms with E-state index in [-0.39, 0.29) is 10.7 Å². The van der Waals surface area contributed by atoms with E-state index in [0.29, 0.717) is 11.6 Å². The average Bonchev–Trinajstić information content (AvgIpc) is 2.11. The highest BCUT2D eigenvalue weighted by atomic mass is 32.1. The molecule has 0 amide bonds. The summed E-state index contributed by atoms with van der Waals surface area (Å²) in [6.45, 7) is 1.72. The molecular weight excluding hydrogens is 189 g/mol. The minimum Gasteiger partial charge on any atom is -0.444 e. The van der Waals surface area contributed by atoms with E-state index in [9.17, 15) is 4.39 Å². The molecule has 0 aliphatic rings. The molecule has 70 valence electrons. The Morgan fingerprint density at radius 3 is 2.77 bits per heavy atom. The van der Waals surface area contributed by atoms with Gasteiger partial charge in [0.25, 0.3) is 0 Å². The smallest absolute Gasteiger partial charge is 0.186 e. The number of hydrogen-bond donors (Lipinski definition) is 1. The Hall–Kier alpha value is -1.03. The lowest BCUT2D eigenvalue weighted by atomic mass is 10.3. The van der Waals surface area contributed by atoms with Gasteiger partial charge in [0, 0.05) is 18.9 Å². The van der Waals surface area contributed by atoms with E-state index in [0.717, 1.165) is 0 Å². The predicted octanol–water partition coefficient (Wildman–Crippen LogP) is 2.54. The Morgan fingerprint density at radius 1 is 1.54 bits per heavy atom. The zero-order chi connectivity index (χ0) is 9.84. The molecule has 0 aliphatic heterocycles. The third-order valence-corrected chi connectivity index (χ3v) is 1.84. The molecule has 0 saturated heterocycles.